The number of nitrogens with one attached hydrogen (secondary N) is 1. The molecule has 4 rings (SSSR count). The SMILES string of the molecule is c1cc2c(cc1CN1CCCNC(C3CC3)C1)OCO2. The predicted molar refractivity (Wildman–Crippen MR) is 77.0 cm³/mol. The van der Waals surface area contributed by atoms with Crippen molar-refractivity contribution in [1.29, 1.82) is 0 Å². The van der Waals surface area contributed by atoms with Crippen molar-refractivity contribution in [2.24, 2.45) is 5.92 Å². The first-order valence-corrected chi connectivity index (χ1v) is 7.73. The molecule has 4 nitrogen and oxygen atoms in total. The zero-order chi connectivity index (χ0) is 13.4. The van der Waals surface area contributed by atoms with E-state index in [1.807, 2.05) is 6.07 Å². The zero-order valence-corrected chi connectivity index (χ0v) is 11.8. The highest BCUT2D eigenvalue weighted by Gasteiger charge is 2.33. The highest BCUT2D eigenvalue weighted by atomic mass is 16.7. The summed E-state index contributed by atoms with van der Waals surface area (Å²) in [6, 6.07) is 7.03. The van der Waals surface area contributed by atoms with Crippen LogP contribution in [0.2, 0.25) is 0 Å². The Hall–Kier alpha value is -1.26. The Bertz CT molecular complexity index is 487. The summed E-state index contributed by atoms with van der Waals surface area (Å²) in [5.41, 5.74) is 1.32. The standard InChI is InChI=1S/C16H22N2O2/c1-6-17-14(13-3-4-13)10-18(7-1)9-12-2-5-15-16(8-12)20-11-19-15/h2,5,8,13-14,17H,1,3-4,6-7,9-11H2. The van der Waals surface area contributed by atoms with Crippen LogP contribution < -0.4 is 14.8 Å². The van der Waals surface area contributed by atoms with E-state index in [0.29, 0.717) is 12.8 Å². The zero-order valence-electron chi connectivity index (χ0n) is 11.8. The quantitative estimate of drug-likeness (QED) is 0.914. The van der Waals surface area contributed by atoms with Gasteiger partial charge in [0.05, 0.1) is 0 Å². The van der Waals surface area contributed by atoms with Gasteiger partial charge in [0.1, 0.15) is 0 Å². The van der Waals surface area contributed by atoms with Gasteiger partial charge < -0.3 is 14.8 Å². The monoisotopic (exact) mass is 274 g/mol. The summed E-state index contributed by atoms with van der Waals surface area (Å²) in [6.45, 7) is 4.90. The summed E-state index contributed by atoms with van der Waals surface area (Å²) in [5, 5.41) is 3.71. The molecule has 2 heterocycles. The van der Waals surface area contributed by atoms with Crippen molar-refractivity contribution in [2.75, 3.05) is 26.4 Å². The summed E-state index contributed by atoms with van der Waals surface area (Å²) in [5.74, 6) is 2.70. The molecule has 3 aliphatic rings. The molecule has 108 valence electrons. The van der Waals surface area contributed by atoms with E-state index in [4.69, 9.17) is 9.47 Å². The molecule has 1 aromatic carbocycles. The van der Waals surface area contributed by atoms with Crippen LogP contribution in [0.4, 0.5) is 0 Å². The van der Waals surface area contributed by atoms with Gasteiger partial charge in [-0.05, 0) is 56.0 Å². The summed E-state index contributed by atoms with van der Waals surface area (Å²) in [7, 11) is 0. The number of nitrogens with zero attached hydrogens (tertiary/aromatic N) is 1. The molecule has 0 amide bonds. The van der Waals surface area contributed by atoms with Crippen LogP contribution in [0, 0.1) is 5.92 Å². The lowest BCUT2D eigenvalue weighted by molar-refractivity contribution is 0.174. The first kappa shape index (κ1) is 12.5. The van der Waals surface area contributed by atoms with Gasteiger partial charge in [0, 0.05) is 19.1 Å². The Morgan fingerprint density at radius 3 is 3.00 bits per heavy atom. The van der Waals surface area contributed by atoms with Gasteiger partial charge in [-0.1, -0.05) is 6.07 Å². The molecule has 1 saturated heterocycles. The number of hydrogen-bond donors (Lipinski definition) is 1. The maximum atomic E-state index is 5.47. The van der Waals surface area contributed by atoms with Gasteiger partial charge in [-0.25, -0.2) is 0 Å². The molecule has 0 spiro atoms. The Morgan fingerprint density at radius 2 is 2.10 bits per heavy atom. The lowest BCUT2D eigenvalue weighted by Crippen LogP contribution is -2.38. The predicted octanol–water partition coefficient (Wildman–Crippen LogP) is 1.99. The molecular weight excluding hydrogens is 252 g/mol. The number of fused-ring (bicyclic) bond motifs is 1. The van der Waals surface area contributed by atoms with Crippen LogP contribution in [0.5, 0.6) is 11.5 Å². The molecule has 20 heavy (non-hydrogen) atoms. The van der Waals surface area contributed by atoms with E-state index in [0.717, 1.165) is 24.0 Å². The van der Waals surface area contributed by atoms with Gasteiger partial charge in [-0.3, -0.25) is 4.90 Å². The molecule has 1 atom stereocenters. The summed E-state index contributed by atoms with van der Waals surface area (Å²) < 4.78 is 10.8. The number of benzene rings is 1. The van der Waals surface area contributed by atoms with Crippen LogP contribution >= 0.6 is 0 Å². The molecule has 1 N–H and O–H groups in total. The van der Waals surface area contributed by atoms with Crippen molar-refractivity contribution >= 4 is 0 Å². The molecular formula is C16H22N2O2. The number of rotatable bonds is 3. The normalized spacial score (nSPS) is 26.5. The lowest BCUT2D eigenvalue weighted by Gasteiger charge is -2.24. The second kappa shape index (κ2) is 5.26. The van der Waals surface area contributed by atoms with E-state index in [9.17, 15) is 0 Å². The van der Waals surface area contributed by atoms with Crippen LogP contribution in [0.25, 0.3) is 0 Å². The minimum Gasteiger partial charge on any atom is -0.454 e. The Balaban J connectivity index is 1.44. The van der Waals surface area contributed by atoms with Crippen LogP contribution in [-0.4, -0.2) is 37.4 Å². The third kappa shape index (κ3) is 2.63. The molecule has 0 aromatic heterocycles. The largest absolute Gasteiger partial charge is 0.454 e. The molecule has 1 unspecified atom stereocenters. The van der Waals surface area contributed by atoms with E-state index < -0.39 is 0 Å². The molecule has 2 fully saturated rings. The Kier molecular flexibility index (Phi) is 3.28. The minimum atomic E-state index is 0.357. The topological polar surface area (TPSA) is 33.7 Å². The van der Waals surface area contributed by atoms with Gasteiger partial charge in [0.25, 0.3) is 0 Å². The Morgan fingerprint density at radius 1 is 1.20 bits per heavy atom. The highest BCUT2D eigenvalue weighted by molar-refractivity contribution is 5.44. The third-order valence-electron chi connectivity index (χ3n) is 4.55. The van der Waals surface area contributed by atoms with Crippen molar-refractivity contribution in [3.63, 3.8) is 0 Å². The first-order chi connectivity index (χ1) is 9.88. The Labute approximate surface area is 120 Å². The average Bonchev–Trinajstić information content (AvgIpc) is 3.22. The molecule has 2 aliphatic heterocycles. The van der Waals surface area contributed by atoms with Gasteiger partial charge in [-0.2, -0.15) is 0 Å². The first-order valence-electron chi connectivity index (χ1n) is 7.73. The molecule has 0 bridgehead atoms. The summed E-state index contributed by atoms with van der Waals surface area (Å²) >= 11 is 0. The molecule has 0 radical (unpaired) electrons. The molecule has 4 heteroatoms. The highest BCUT2D eigenvalue weighted by Crippen LogP contribution is 2.35. The maximum Gasteiger partial charge on any atom is 0.231 e. The smallest absolute Gasteiger partial charge is 0.231 e. The van der Waals surface area contributed by atoms with Gasteiger partial charge >= 0.3 is 0 Å². The molecule has 1 saturated carbocycles. The van der Waals surface area contributed by atoms with E-state index in [-0.39, 0.29) is 0 Å². The van der Waals surface area contributed by atoms with Crippen molar-refractivity contribution in [1.82, 2.24) is 10.2 Å². The number of hydrogen-bond acceptors (Lipinski definition) is 4. The fourth-order valence-electron chi connectivity index (χ4n) is 3.28. The second-order valence-corrected chi connectivity index (χ2v) is 6.17. The van der Waals surface area contributed by atoms with E-state index in [1.54, 1.807) is 0 Å². The average molecular weight is 274 g/mol. The van der Waals surface area contributed by atoms with Gasteiger partial charge in [0.2, 0.25) is 6.79 Å². The van der Waals surface area contributed by atoms with E-state index in [2.05, 4.69) is 22.3 Å². The van der Waals surface area contributed by atoms with Crippen molar-refractivity contribution in [3.8, 4) is 11.5 Å². The molecule has 1 aliphatic carbocycles. The third-order valence-corrected chi connectivity index (χ3v) is 4.55. The molecule has 1 aromatic rings. The van der Waals surface area contributed by atoms with Gasteiger partial charge in [-0.15, -0.1) is 0 Å². The van der Waals surface area contributed by atoms with E-state index >= 15 is 0 Å². The van der Waals surface area contributed by atoms with Crippen molar-refractivity contribution < 1.29 is 9.47 Å². The fraction of sp³-hybridized carbons (Fsp3) is 0.625. The van der Waals surface area contributed by atoms with Crippen LogP contribution in [0.1, 0.15) is 24.8 Å². The number of ether oxygens (including phenoxy) is 2. The maximum absolute atomic E-state index is 5.47. The van der Waals surface area contributed by atoms with E-state index in [1.165, 1.54) is 44.5 Å². The summed E-state index contributed by atoms with van der Waals surface area (Å²) in [4.78, 5) is 2.58. The lowest BCUT2D eigenvalue weighted by atomic mass is 10.1. The minimum absolute atomic E-state index is 0.357. The van der Waals surface area contributed by atoms with Crippen LogP contribution in [-0.2, 0) is 6.54 Å². The van der Waals surface area contributed by atoms with Crippen LogP contribution in [0.3, 0.4) is 0 Å². The fourth-order valence-corrected chi connectivity index (χ4v) is 3.28. The van der Waals surface area contributed by atoms with Crippen LogP contribution in [0.15, 0.2) is 18.2 Å². The second-order valence-electron chi connectivity index (χ2n) is 6.17. The van der Waals surface area contributed by atoms with Gasteiger partial charge in [0.15, 0.2) is 11.5 Å². The van der Waals surface area contributed by atoms with Crippen molar-refractivity contribution in [3.05, 3.63) is 23.8 Å². The summed E-state index contributed by atoms with van der Waals surface area (Å²) in [6.07, 6.45) is 4.07. The van der Waals surface area contributed by atoms with Crippen molar-refractivity contribution in [2.45, 2.75) is 31.8 Å².